The largest absolute Gasteiger partial charge is 0.457 e. The average Bonchev–Trinajstić information content (AvgIpc) is 3.36. The van der Waals surface area contributed by atoms with Crippen molar-refractivity contribution in [1.82, 2.24) is 5.32 Å². The van der Waals surface area contributed by atoms with E-state index in [0.717, 1.165) is 0 Å². The number of benzene rings is 2. The van der Waals surface area contributed by atoms with Crippen molar-refractivity contribution in [2.45, 2.75) is 6.92 Å². The van der Waals surface area contributed by atoms with Gasteiger partial charge in [0.1, 0.15) is 11.5 Å². The summed E-state index contributed by atoms with van der Waals surface area (Å²) in [6.45, 7) is 1.43. The van der Waals surface area contributed by atoms with Crippen LogP contribution in [0.2, 0.25) is 0 Å². The fourth-order valence-electron chi connectivity index (χ4n) is 2.88. The summed E-state index contributed by atoms with van der Waals surface area (Å²) in [5.74, 6) is 0.546. The van der Waals surface area contributed by atoms with Crippen molar-refractivity contribution in [3.63, 3.8) is 0 Å². The SMILES string of the molecule is CC(=O)Nc1ccc(N=C2NC(=O)C(=Cc3ccc(-c4ccc([N+](=O)[O-])cc4)o3)S2)cc1. The number of nitro groups is 1. The second kappa shape index (κ2) is 8.90. The number of furan rings is 1. The molecular weight excluding hydrogens is 432 g/mol. The number of amidine groups is 1. The first-order chi connectivity index (χ1) is 15.4. The van der Waals surface area contributed by atoms with Crippen LogP contribution in [0.1, 0.15) is 12.7 Å². The number of aliphatic imine (C=N–C) groups is 1. The molecule has 32 heavy (non-hydrogen) atoms. The molecule has 1 aliphatic heterocycles. The lowest BCUT2D eigenvalue weighted by Gasteiger charge is -2.02. The van der Waals surface area contributed by atoms with Crippen LogP contribution in [0.15, 0.2) is 75.0 Å². The van der Waals surface area contributed by atoms with Gasteiger partial charge in [-0.05, 0) is 60.3 Å². The van der Waals surface area contributed by atoms with E-state index in [1.807, 2.05) is 0 Å². The Hall–Kier alpha value is -4.18. The molecule has 1 aliphatic rings. The number of carbonyl (C=O) groups excluding carboxylic acids is 2. The van der Waals surface area contributed by atoms with Crippen LogP contribution in [0.25, 0.3) is 17.4 Å². The molecule has 1 saturated heterocycles. The summed E-state index contributed by atoms with van der Waals surface area (Å²) in [7, 11) is 0. The van der Waals surface area contributed by atoms with Gasteiger partial charge in [0.05, 0.1) is 15.5 Å². The van der Waals surface area contributed by atoms with Crippen LogP contribution in [-0.2, 0) is 9.59 Å². The number of hydrogen-bond donors (Lipinski definition) is 2. The minimum Gasteiger partial charge on any atom is -0.457 e. The molecule has 2 heterocycles. The van der Waals surface area contributed by atoms with Gasteiger partial charge in [0, 0.05) is 36.4 Å². The molecule has 1 aromatic heterocycles. The molecule has 0 unspecified atom stereocenters. The lowest BCUT2D eigenvalue weighted by Crippen LogP contribution is -2.19. The van der Waals surface area contributed by atoms with Gasteiger partial charge in [0.15, 0.2) is 5.17 Å². The number of thioether (sulfide) groups is 1. The number of nitrogens with zero attached hydrogens (tertiary/aromatic N) is 2. The number of anilines is 1. The molecule has 0 bridgehead atoms. The van der Waals surface area contributed by atoms with E-state index in [1.165, 1.54) is 30.8 Å². The molecule has 10 heteroatoms. The van der Waals surface area contributed by atoms with Crippen molar-refractivity contribution in [1.29, 1.82) is 0 Å². The molecule has 9 nitrogen and oxygen atoms in total. The van der Waals surface area contributed by atoms with Gasteiger partial charge in [-0.1, -0.05) is 0 Å². The summed E-state index contributed by atoms with van der Waals surface area (Å²) in [6, 6.07) is 16.4. The third-order valence-electron chi connectivity index (χ3n) is 4.33. The lowest BCUT2D eigenvalue weighted by atomic mass is 10.1. The third-order valence-corrected chi connectivity index (χ3v) is 5.24. The van der Waals surface area contributed by atoms with E-state index in [2.05, 4.69) is 15.6 Å². The summed E-state index contributed by atoms with van der Waals surface area (Å²) in [5, 5.41) is 16.6. The van der Waals surface area contributed by atoms with Gasteiger partial charge < -0.3 is 15.1 Å². The Labute approximate surface area is 186 Å². The highest BCUT2D eigenvalue weighted by Gasteiger charge is 2.24. The predicted octanol–water partition coefficient (Wildman–Crippen LogP) is 4.70. The molecule has 0 aliphatic carbocycles. The van der Waals surface area contributed by atoms with Crippen LogP contribution in [0.4, 0.5) is 17.1 Å². The van der Waals surface area contributed by atoms with Crippen LogP contribution in [0, 0.1) is 10.1 Å². The molecule has 2 aromatic carbocycles. The van der Waals surface area contributed by atoms with Crippen LogP contribution in [0.3, 0.4) is 0 Å². The highest BCUT2D eigenvalue weighted by molar-refractivity contribution is 8.18. The fourth-order valence-corrected chi connectivity index (χ4v) is 3.70. The van der Waals surface area contributed by atoms with Gasteiger partial charge in [0.2, 0.25) is 5.91 Å². The molecule has 1 fully saturated rings. The van der Waals surface area contributed by atoms with Gasteiger partial charge in [-0.3, -0.25) is 19.7 Å². The maximum absolute atomic E-state index is 12.3. The quantitative estimate of drug-likeness (QED) is 0.331. The van der Waals surface area contributed by atoms with E-state index in [4.69, 9.17) is 4.42 Å². The summed E-state index contributed by atoms with van der Waals surface area (Å²) >= 11 is 1.18. The first-order valence-electron chi connectivity index (χ1n) is 9.39. The first kappa shape index (κ1) is 21.1. The van der Waals surface area contributed by atoms with Crippen LogP contribution in [0.5, 0.6) is 0 Å². The number of hydrogen-bond acceptors (Lipinski definition) is 7. The summed E-state index contributed by atoms with van der Waals surface area (Å²) in [6.07, 6.45) is 1.61. The lowest BCUT2D eigenvalue weighted by molar-refractivity contribution is -0.384. The van der Waals surface area contributed by atoms with Crippen LogP contribution < -0.4 is 10.6 Å². The number of nitro benzene ring substituents is 1. The summed E-state index contributed by atoms with van der Waals surface area (Å²) < 4.78 is 5.76. The normalized spacial score (nSPS) is 15.7. The highest BCUT2D eigenvalue weighted by atomic mass is 32.2. The number of nitrogens with one attached hydrogen (secondary N) is 2. The number of amides is 2. The second-order valence-electron chi connectivity index (χ2n) is 6.72. The Balaban J connectivity index is 1.47. The molecule has 160 valence electrons. The monoisotopic (exact) mass is 448 g/mol. The molecule has 2 amide bonds. The average molecular weight is 448 g/mol. The van der Waals surface area contributed by atoms with Crippen molar-refractivity contribution in [3.05, 3.63) is 81.4 Å². The van der Waals surface area contributed by atoms with E-state index in [9.17, 15) is 19.7 Å². The highest BCUT2D eigenvalue weighted by Crippen LogP contribution is 2.30. The van der Waals surface area contributed by atoms with E-state index < -0.39 is 4.92 Å². The van der Waals surface area contributed by atoms with Gasteiger partial charge in [-0.25, -0.2) is 4.99 Å². The molecular formula is C22H16N4O5S. The molecule has 2 N–H and O–H groups in total. The molecule has 0 atom stereocenters. The third kappa shape index (κ3) is 4.93. The van der Waals surface area contributed by atoms with Gasteiger partial charge in [0.25, 0.3) is 11.6 Å². The first-order valence-corrected chi connectivity index (χ1v) is 10.2. The Morgan fingerprint density at radius 3 is 2.50 bits per heavy atom. The fraction of sp³-hybridized carbons (Fsp3) is 0.0455. The van der Waals surface area contributed by atoms with Gasteiger partial charge in [-0.2, -0.15) is 0 Å². The maximum Gasteiger partial charge on any atom is 0.269 e. The number of non-ortho nitro benzene ring substituents is 1. The zero-order chi connectivity index (χ0) is 22.7. The standard InChI is InChI=1S/C22H16N4O5S/c1-13(27)23-15-4-6-16(7-5-15)24-22-25-21(28)20(32-22)12-18-10-11-19(31-18)14-2-8-17(9-3-14)26(29)30/h2-12H,1H3,(H,23,27)(H,24,25,28). The number of carbonyl (C=O) groups is 2. The minimum atomic E-state index is -0.464. The van der Waals surface area contributed by atoms with Crippen LogP contribution >= 0.6 is 11.8 Å². The summed E-state index contributed by atoms with van der Waals surface area (Å²) in [4.78, 5) is 38.5. The zero-order valence-corrected chi connectivity index (χ0v) is 17.5. The van der Waals surface area contributed by atoms with E-state index in [0.29, 0.717) is 38.5 Å². The predicted molar refractivity (Wildman–Crippen MR) is 122 cm³/mol. The van der Waals surface area contributed by atoms with Gasteiger partial charge >= 0.3 is 0 Å². The molecule has 0 saturated carbocycles. The van der Waals surface area contributed by atoms with Crippen molar-refractivity contribution >= 4 is 51.9 Å². The smallest absolute Gasteiger partial charge is 0.269 e. The number of rotatable bonds is 5. The van der Waals surface area contributed by atoms with Gasteiger partial charge in [-0.15, -0.1) is 0 Å². The molecule has 0 spiro atoms. The molecule has 3 aromatic rings. The summed E-state index contributed by atoms with van der Waals surface area (Å²) in [5.41, 5.74) is 1.97. The van der Waals surface area contributed by atoms with Crippen LogP contribution in [-0.4, -0.2) is 21.9 Å². The van der Waals surface area contributed by atoms with Crippen molar-refractivity contribution < 1.29 is 18.9 Å². The molecule has 0 radical (unpaired) electrons. The van der Waals surface area contributed by atoms with E-state index in [-0.39, 0.29) is 17.5 Å². The Morgan fingerprint density at radius 2 is 1.84 bits per heavy atom. The Kier molecular flexibility index (Phi) is 5.86. The van der Waals surface area contributed by atoms with E-state index >= 15 is 0 Å². The van der Waals surface area contributed by atoms with Crippen molar-refractivity contribution in [2.75, 3.05) is 5.32 Å². The zero-order valence-electron chi connectivity index (χ0n) is 16.7. The van der Waals surface area contributed by atoms with Crippen molar-refractivity contribution in [2.24, 2.45) is 4.99 Å². The van der Waals surface area contributed by atoms with E-state index in [1.54, 1.807) is 54.6 Å². The Bertz CT molecular complexity index is 1260. The van der Waals surface area contributed by atoms with Crippen molar-refractivity contribution in [3.8, 4) is 11.3 Å². The topological polar surface area (TPSA) is 127 Å². The molecule has 4 rings (SSSR count). The minimum absolute atomic E-state index is 0.00162. The Morgan fingerprint density at radius 1 is 1.12 bits per heavy atom. The second-order valence-corrected chi connectivity index (χ2v) is 7.75. The maximum atomic E-state index is 12.3.